The van der Waals surface area contributed by atoms with E-state index in [1.165, 1.54) is 25.2 Å². The fourth-order valence-corrected chi connectivity index (χ4v) is 2.85. The van der Waals surface area contributed by atoms with Crippen LogP contribution in [0.25, 0.3) is 0 Å². The Balaban J connectivity index is 1.73. The molecule has 0 aliphatic carbocycles. The molecule has 2 aliphatic heterocycles. The number of anilines is 1. The van der Waals surface area contributed by atoms with Crippen LogP contribution >= 0.6 is 0 Å². The van der Waals surface area contributed by atoms with E-state index in [1.54, 1.807) is 7.11 Å². The summed E-state index contributed by atoms with van der Waals surface area (Å²) < 4.78 is 5.18. The highest BCUT2D eigenvalue weighted by Gasteiger charge is 2.35. The van der Waals surface area contributed by atoms with Gasteiger partial charge < -0.3 is 15.0 Å². The molecular weight excluding hydrogens is 200 g/mol. The molecule has 2 fully saturated rings. The molecule has 0 saturated carbocycles. The summed E-state index contributed by atoms with van der Waals surface area (Å²) in [6.07, 6.45) is 1.33. The number of rotatable bonds is 2. The predicted octanol–water partition coefficient (Wildman–Crippen LogP) is 1.49. The number of hydrogen-bond acceptors (Lipinski definition) is 3. The van der Waals surface area contributed by atoms with Crippen LogP contribution in [0.1, 0.15) is 6.42 Å². The van der Waals surface area contributed by atoms with Crippen LogP contribution in [-0.4, -0.2) is 32.8 Å². The summed E-state index contributed by atoms with van der Waals surface area (Å²) in [5, 5.41) is 3.57. The fraction of sp³-hybridized carbons (Fsp3) is 0.538. The predicted molar refractivity (Wildman–Crippen MR) is 65.1 cm³/mol. The van der Waals surface area contributed by atoms with Gasteiger partial charge in [0.2, 0.25) is 0 Å². The van der Waals surface area contributed by atoms with Crippen molar-refractivity contribution in [2.75, 3.05) is 31.6 Å². The topological polar surface area (TPSA) is 24.5 Å². The van der Waals surface area contributed by atoms with Crippen LogP contribution in [0.4, 0.5) is 5.69 Å². The molecule has 2 saturated heterocycles. The highest BCUT2D eigenvalue weighted by atomic mass is 16.5. The Labute approximate surface area is 96.4 Å². The summed E-state index contributed by atoms with van der Waals surface area (Å²) in [4.78, 5) is 2.47. The Bertz CT molecular complexity index is 351. The minimum atomic E-state index is 0.710. The van der Waals surface area contributed by atoms with Gasteiger partial charge in [-0.05, 0) is 43.1 Å². The van der Waals surface area contributed by atoms with Crippen molar-refractivity contribution >= 4 is 5.69 Å². The van der Waals surface area contributed by atoms with Gasteiger partial charge >= 0.3 is 0 Å². The van der Waals surface area contributed by atoms with Crippen molar-refractivity contribution in [1.29, 1.82) is 0 Å². The van der Waals surface area contributed by atoms with E-state index >= 15 is 0 Å². The largest absolute Gasteiger partial charge is 0.497 e. The zero-order valence-corrected chi connectivity index (χ0v) is 9.65. The standard InChI is InChI=1S/C13H18N2O/c1-16-12-4-2-11(3-5-12)15-8-10-6-7-14-13(10)9-15/h2-5,10,13-14H,6-9H2,1H3. The van der Waals surface area contributed by atoms with Gasteiger partial charge in [-0.25, -0.2) is 0 Å². The van der Waals surface area contributed by atoms with Crippen LogP contribution in [0.15, 0.2) is 24.3 Å². The smallest absolute Gasteiger partial charge is 0.119 e. The van der Waals surface area contributed by atoms with Crippen LogP contribution in [0.5, 0.6) is 5.75 Å². The Hall–Kier alpha value is -1.22. The summed E-state index contributed by atoms with van der Waals surface area (Å²) in [6, 6.07) is 9.09. The molecule has 1 aromatic carbocycles. The van der Waals surface area contributed by atoms with Gasteiger partial charge in [-0.15, -0.1) is 0 Å². The summed E-state index contributed by atoms with van der Waals surface area (Å²) in [6.45, 7) is 3.55. The SMILES string of the molecule is COc1ccc(N2CC3CCNC3C2)cc1. The zero-order chi connectivity index (χ0) is 11.0. The van der Waals surface area contributed by atoms with Gasteiger partial charge in [-0.2, -0.15) is 0 Å². The molecule has 3 rings (SSSR count). The highest BCUT2D eigenvalue weighted by molar-refractivity contribution is 5.50. The lowest BCUT2D eigenvalue weighted by Crippen LogP contribution is -2.30. The van der Waals surface area contributed by atoms with Crippen molar-refractivity contribution in [1.82, 2.24) is 5.32 Å². The van der Waals surface area contributed by atoms with Gasteiger partial charge in [0.25, 0.3) is 0 Å². The zero-order valence-electron chi connectivity index (χ0n) is 9.65. The lowest BCUT2D eigenvalue weighted by molar-refractivity contribution is 0.415. The molecule has 2 aliphatic rings. The third-order valence-electron chi connectivity index (χ3n) is 3.80. The first-order chi connectivity index (χ1) is 7.86. The number of hydrogen-bond donors (Lipinski definition) is 1. The lowest BCUT2D eigenvalue weighted by atomic mass is 10.1. The second-order valence-electron chi connectivity index (χ2n) is 4.71. The molecule has 2 unspecified atom stereocenters. The Morgan fingerprint density at radius 2 is 2.06 bits per heavy atom. The number of nitrogens with zero attached hydrogens (tertiary/aromatic N) is 1. The molecule has 0 amide bonds. The second kappa shape index (κ2) is 3.98. The summed E-state index contributed by atoms with van der Waals surface area (Å²) in [5.74, 6) is 1.78. The van der Waals surface area contributed by atoms with E-state index in [0.29, 0.717) is 6.04 Å². The van der Waals surface area contributed by atoms with Gasteiger partial charge in [0.15, 0.2) is 0 Å². The molecule has 0 aromatic heterocycles. The molecule has 2 heterocycles. The van der Waals surface area contributed by atoms with E-state index in [9.17, 15) is 0 Å². The van der Waals surface area contributed by atoms with Crippen molar-refractivity contribution in [3.63, 3.8) is 0 Å². The van der Waals surface area contributed by atoms with Crippen molar-refractivity contribution < 1.29 is 4.74 Å². The Morgan fingerprint density at radius 1 is 1.25 bits per heavy atom. The molecule has 16 heavy (non-hydrogen) atoms. The maximum absolute atomic E-state index is 5.18. The van der Waals surface area contributed by atoms with Crippen LogP contribution in [0.3, 0.4) is 0 Å². The maximum Gasteiger partial charge on any atom is 0.119 e. The maximum atomic E-state index is 5.18. The molecule has 1 aromatic rings. The Kier molecular flexibility index (Phi) is 2.48. The van der Waals surface area contributed by atoms with E-state index in [4.69, 9.17) is 4.74 Å². The van der Waals surface area contributed by atoms with Crippen LogP contribution < -0.4 is 15.0 Å². The molecular formula is C13H18N2O. The first kappa shape index (κ1) is 9.97. The van der Waals surface area contributed by atoms with E-state index in [1.807, 2.05) is 12.1 Å². The molecule has 0 spiro atoms. The van der Waals surface area contributed by atoms with Crippen molar-refractivity contribution in [2.24, 2.45) is 5.92 Å². The van der Waals surface area contributed by atoms with E-state index in [0.717, 1.165) is 18.2 Å². The molecule has 86 valence electrons. The minimum Gasteiger partial charge on any atom is -0.497 e. The summed E-state index contributed by atoms with van der Waals surface area (Å²) in [7, 11) is 1.71. The molecule has 1 N–H and O–H groups in total. The van der Waals surface area contributed by atoms with Gasteiger partial charge in [-0.1, -0.05) is 0 Å². The molecule has 2 atom stereocenters. The van der Waals surface area contributed by atoms with Gasteiger partial charge in [0, 0.05) is 24.8 Å². The van der Waals surface area contributed by atoms with E-state index < -0.39 is 0 Å². The quantitative estimate of drug-likeness (QED) is 0.814. The first-order valence-electron chi connectivity index (χ1n) is 5.99. The van der Waals surface area contributed by atoms with E-state index in [-0.39, 0.29) is 0 Å². The summed E-state index contributed by atoms with van der Waals surface area (Å²) >= 11 is 0. The number of fused-ring (bicyclic) bond motifs is 1. The third-order valence-corrected chi connectivity index (χ3v) is 3.80. The average molecular weight is 218 g/mol. The third kappa shape index (κ3) is 1.65. The first-order valence-corrected chi connectivity index (χ1v) is 5.99. The van der Waals surface area contributed by atoms with Gasteiger partial charge in [0.1, 0.15) is 5.75 Å². The van der Waals surface area contributed by atoms with Crippen molar-refractivity contribution in [2.45, 2.75) is 12.5 Å². The lowest BCUT2D eigenvalue weighted by Gasteiger charge is -2.19. The second-order valence-corrected chi connectivity index (χ2v) is 4.71. The van der Waals surface area contributed by atoms with Crippen LogP contribution in [-0.2, 0) is 0 Å². The van der Waals surface area contributed by atoms with Crippen LogP contribution in [0, 0.1) is 5.92 Å². The fourth-order valence-electron chi connectivity index (χ4n) is 2.85. The number of methoxy groups -OCH3 is 1. The monoisotopic (exact) mass is 218 g/mol. The highest BCUT2D eigenvalue weighted by Crippen LogP contribution is 2.29. The van der Waals surface area contributed by atoms with E-state index in [2.05, 4.69) is 22.3 Å². The van der Waals surface area contributed by atoms with Crippen LogP contribution in [0.2, 0.25) is 0 Å². The molecule has 0 bridgehead atoms. The van der Waals surface area contributed by atoms with Gasteiger partial charge in [0.05, 0.1) is 7.11 Å². The van der Waals surface area contributed by atoms with Gasteiger partial charge in [-0.3, -0.25) is 0 Å². The Morgan fingerprint density at radius 3 is 2.75 bits per heavy atom. The van der Waals surface area contributed by atoms with Crippen molar-refractivity contribution in [3.8, 4) is 5.75 Å². The number of ether oxygens (including phenoxy) is 1. The van der Waals surface area contributed by atoms with Crippen molar-refractivity contribution in [3.05, 3.63) is 24.3 Å². The molecule has 0 radical (unpaired) electrons. The minimum absolute atomic E-state index is 0.710. The summed E-state index contributed by atoms with van der Waals surface area (Å²) in [5.41, 5.74) is 1.32. The number of benzene rings is 1. The number of nitrogens with one attached hydrogen (secondary N) is 1. The molecule has 3 heteroatoms. The normalized spacial score (nSPS) is 28.2. The molecule has 3 nitrogen and oxygen atoms in total. The average Bonchev–Trinajstić information content (AvgIpc) is 2.89.